The average molecular weight is 238 g/mol. The Morgan fingerprint density at radius 3 is 3.00 bits per heavy atom. The molecule has 0 saturated carbocycles. The third-order valence-electron chi connectivity index (χ3n) is 3.26. The van der Waals surface area contributed by atoms with Gasteiger partial charge in [0.15, 0.2) is 0 Å². The van der Waals surface area contributed by atoms with Gasteiger partial charge in [0.25, 0.3) is 0 Å². The number of ether oxygens (including phenoxy) is 1. The summed E-state index contributed by atoms with van der Waals surface area (Å²) in [5.74, 6) is -0.388. The van der Waals surface area contributed by atoms with E-state index in [2.05, 4.69) is 10.0 Å². The second-order valence-corrected chi connectivity index (χ2v) is 4.40. The highest BCUT2D eigenvalue weighted by atomic mass is 16.5. The minimum atomic E-state index is -0.359. The maximum absolute atomic E-state index is 11.8. The number of nitrogens with zero attached hydrogens (tertiary/aromatic N) is 4. The van der Waals surface area contributed by atoms with E-state index in [1.54, 1.807) is 4.90 Å². The predicted molar refractivity (Wildman–Crippen MR) is 57.8 cm³/mol. The molecule has 0 bridgehead atoms. The van der Waals surface area contributed by atoms with Crippen LogP contribution in [0.2, 0.25) is 0 Å². The fraction of sp³-hybridized carbons (Fsp3) is 0.800. The molecule has 0 spiro atoms. The summed E-state index contributed by atoms with van der Waals surface area (Å²) in [4.78, 5) is 27.1. The highest BCUT2D eigenvalue weighted by Gasteiger charge is 2.44. The van der Waals surface area contributed by atoms with Crippen molar-refractivity contribution in [3.63, 3.8) is 0 Å². The lowest BCUT2D eigenvalue weighted by atomic mass is 9.98. The van der Waals surface area contributed by atoms with E-state index in [4.69, 9.17) is 10.3 Å². The van der Waals surface area contributed by atoms with Crippen molar-refractivity contribution < 1.29 is 14.3 Å². The van der Waals surface area contributed by atoms with Gasteiger partial charge >= 0.3 is 5.97 Å². The van der Waals surface area contributed by atoms with Gasteiger partial charge in [0.1, 0.15) is 6.10 Å². The van der Waals surface area contributed by atoms with E-state index < -0.39 is 0 Å². The molecule has 7 nitrogen and oxygen atoms in total. The first-order valence-corrected chi connectivity index (χ1v) is 5.62. The molecule has 2 aliphatic rings. The number of azide groups is 1. The van der Waals surface area contributed by atoms with Crippen LogP contribution >= 0.6 is 0 Å². The lowest BCUT2D eigenvalue weighted by Gasteiger charge is -2.34. The normalized spacial score (nSPS) is 31.7. The minimum Gasteiger partial charge on any atom is -0.460 e. The summed E-state index contributed by atoms with van der Waals surface area (Å²) in [6, 6.07) is -0.201. The smallest absolute Gasteiger partial charge is 0.302 e. The van der Waals surface area contributed by atoms with Crippen molar-refractivity contribution in [2.75, 3.05) is 6.54 Å². The molecule has 3 atom stereocenters. The third-order valence-corrected chi connectivity index (χ3v) is 3.26. The van der Waals surface area contributed by atoms with E-state index in [-0.39, 0.29) is 36.5 Å². The number of rotatable bonds is 2. The molecule has 0 N–H and O–H groups in total. The van der Waals surface area contributed by atoms with Crippen LogP contribution in [0.15, 0.2) is 5.11 Å². The molecule has 0 aromatic heterocycles. The van der Waals surface area contributed by atoms with Gasteiger partial charge in [0.2, 0.25) is 5.91 Å². The Balaban J connectivity index is 2.06. The average Bonchev–Trinajstić information content (AvgIpc) is 2.55. The number of amides is 1. The van der Waals surface area contributed by atoms with E-state index in [1.807, 2.05) is 0 Å². The van der Waals surface area contributed by atoms with Crippen LogP contribution in [0, 0.1) is 0 Å². The van der Waals surface area contributed by atoms with E-state index in [0.29, 0.717) is 13.0 Å². The molecule has 2 saturated heterocycles. The van der Waals surface area contributed by atoms with E-state index in [1.165, 1.54) is 6.92 Å². The van der Waals surface area contributed by atoms with Gasteiger partial charge in [-0.25, -0.2) is 0 Å². The molecule has 92 valence electrons. The summed E-state index contributed by atoms with van der Waals surface area (Å²) >= 11 is 0. The predicted octanol–water partition coefficient (Wildman–Crippen LogP) is 0.992. The SMILES string of the molecule is CC(=O)O[C@H]1CC(=O)N2C[C@@H](N=[N+]=[N-])CC[C@@H]12. The Hall–Kier alpha value is -1.75. The van der Waals surface area contributed by atoms with Crippen LogP contribution in [0.25, 0.3) is 10.4 Å². The minimum absolute atomic E-state index is 0.0286. The summed E-state index contributed by atoms with van der Waals surface area (Å²) in [7, 11) is 0. The molecule has 7 heteroatoms. The first kappa shape index (κ1) is 11.7. The maximum Gasteiger partial charge on any atom is 0.302 e. The molecule has 0 aromatic rings. The molecular weight excluding hydrogens is 224 g/mol. The van der Waals surface area contributed by atoms with Crippen molar-refractivity contribution in [3.05, 3.63) is 10.4 Å². The van der Waals surface area contributed by atoms with E-state index >= 15 is 0 Å². The zero-order chi connectivity index (χ0) is 12.4. The van der Waals surface area contributed by atoms with Crippen molar-refractivity contribution >= 4 is 11.9 Å². The number of hydrogen-bond acceptors (Lipinski definition) is 4. The first-order valence-electron chi connectivity index (χ1n) is 5.62. The van der Waals surface area contributed by atoms with Crippen LogP contribution in [0.4, 0.5) is 0 Å². The van der Waals surface area contributed by atoms with Crippen molar-refractivity contribution in [1.29, 1.82) is 0 Å². The summed E-state index contributed by atoms with van der Waals surface area (Å²) in [6.07, 6.45) is 1.35. The molecular formula is C10H14N4O3. The highest BCUT2D eigenvalue weighted by Crippen LogP contribution is 2.31. The largest absolute Gasteiger partial charge is 0.460 e. The maximum atomic E-state index is 11.8. The van der Waals surface area contributed by atoms with Crippen LogP contribution in [-0.4, -0.2) is 41.5 Å². The third kappa shape index (κ3) is 2.34. The van der Waals surface area contributed by atoms with Gasteiger partial charge in [-0.15, -0.1) is 0 Å². The van der Waals surface area contributed by atoms with E-state index in [9.17, 15) is 9.59 Å². The Bertz CT molecular complexity index is 391. The van der Waals surface area contributed by atoms with Crippen molar-refractivity contribution in [2.45, 2.75) is 44.4 Å². The Morgan fingerprint density at radius 1 is 1.59 bits per heavy atom. The van der Waals surface area contributed by atoms with Crippen molar-refractivity contribution in [2.24, 2.45) is 5.11 Å². The molecule has 0 aromatic carbocycles. The molecule has 0 unspecified atom stereocenters. The number of esters is 1. The number of fused-ring (bicyclic) bond motifs is 1. The van der Waals surface area contributed by atoms with Crippen molar-refractivity contribution in [3.8, 4) is 0 Å². The standard InChI is InChI=1S/C10H14N4O3/c1-6(15)17-9-4-10(16)14-5-7(12-13-11)2-3-8(9)14/h7-9H,2-5H2,1H3/t7-,8-,9-/m0/s1. The molecule has 0 aliphatic carbocycles. The lowest BCUT2D eigenvalue weighted by Crippen LogP contribution is -2.46. The van der Waals surface area contributed by atoms with Gasteiger partial charge in [0, 0.05) is 18.4 Å². The first-order chi connectivity index (χ1) is 8.11. The number of carbonyl (C=O) groups excluding carboxylic acids is 2. The van der Waals surface area contributed by atoms with Crippen LogP contribution in [-0.2, 0) is 14.3 Å². The molecule has 2 heterocycles. The van der Waals surface area contributed by atoms with Crippen molar-refractivity contribution in [1.82, 2.24) is 4.90 Å². The number of hydrogen-bond donors (Lipinski definition) is 0. The van der Waals surface area contributed by atoms with Gasteiger partial charge in [-0.3, -0.25) is 9.59 Å². The second kappa shape index (κ2) is 4.63. The molecule has 2 rings (SSSR count). The molecule has 0 radical (unpaired) electrons. The monoisotopic (exact) mass is 238 g/mol. The van der Waals surface area contributed by atoms with Gasteiger partial charge in [0.05, 0.1) is 18.5 Å². The zero-order valence-corrected chi connectivity index (χ0v) is 9.57. The highest BCUT2D eigenvalue weighted by molar-refractivity contribution is 5.80. The van der Waals surface area contributed by atoms with Gasteiger partial charge in [-0.05, 0) is 18.4 Å². The fourth-order valence-electron chi connectivity index (χ4n) is 2.57. The second-order valence-electron chi connectivity index (χ2n) is 4.40. The molecule has 1 amide bonds. The number of carbonyl (C=O) groups is 2. The van der Waals surface area contributed by atoms with Crippen LogP contribution in [0.5, 0.6) is 0 Å². The number of piperidine rings is 1. The summed E-state index contributed by atoms with van der Waals surface area (Å²) in [6.45, 7) is 1.78. The Kier molecular flexibility index (Phi) is 3.19. The van der Waals surface area contributed by atoms with Crippen LogP contribution < -0.4 is 0 Å². The van der Waals surface area contributed by atoms with Crippen LogP contribution in [0.3, 0.4) is 0 Å². The van der Waals surface area contributed by atoms with Gasteiger partial charge in [-0.1, -0.05) is 5.11 Å². The quantitative estimate of drug-likeness (QED) is 0.310. The zero-order valence-electron chi connectivity index (χ0n) is 9.57. The fourth-order valence-corrected chi connectivity index (χ4v) is 2.57. The Morgan fingerprint density at radius 2 is 2.35 bits per heavy atom. The Labute approximate surface area is 98.3 Å². The summed E-state index contributed by atoms with van der Waals surface area (Å²) in [5.41, 5.74) is 8.38. The molecule has 17 heavy (non-hydrogen) atoms. The molecule has 2 fully saturated rings. The van der Waals surface area contributed by atoms with E-state index in [0.717, 1.165) is 6.42 Å². The van der Waals surface area contributed by atoms with Gasteiger partial charge < -0.3 is 9.64 Å². The lowest BCUT2D eigenvalue weighted by molar-refractivity contribution is -0.147. The topological polar surface area (TPSA) is 95.4 Å². The summed E-state index contributed by atoms with van der Waals surface area (Å²) in [5, 5.41) is 3.64. The van der Waals surface area contributed by atoms with Crippen LogP contribution in [0.1, 0.15) is 26.2 Å². The molecule has 2 aliphatic heterocycles. The van der Waals surface area contributed by atoms with Gasteiger partial charge in [-0.2, -0.15) is 0 Å². The summed E-state index contributed by atoms with van der Waals surface area (Å²) < 4.78 is 5.14.